The van der Waals surface area contributed by atoms with Crippen LogP contribution in [0.4, 0.5) is 0 Å². The fraction of sp³-hybridized carbons (Fsp3) is 0.973. The second-order valence-corrected chi connectivity index (χ2v) is 16.6. The van der Waals surface area contributed by atoms with Gasteiger partial charge in [0.25, 0.3) is 0 Å². The van der Waals surface area contributed by atoms with E-state index in [2.05, 4.69) is 34.6 Å². The summed E-state index contributed by atoms with van der Waals surface area (Å²) in [5, 5.41) is 11.4. The van der Waals surface area contributed by atoms with Gasteiger partial charge >= 0.3 is 5.97 Å². The lowest BCUT2D eigenvalue weighted by Crippen LogP contribution is -2.58. The number of esters is 1. The molecule has 1 spiro atoms. The molecular weight excluding hydrogens is 604 g/mol. The quantitative estimate of drug-likeness (QED) is 0.310. The molecule has 0 aromatic carbocycles. The molecule has 6 aliphatic rings. The smallest absolute Gasteiger partial charge is 0.311 e. The number of cyclic esters (lactones) is 1. The predicted octanol–water partition coefficient (Wildman–Crippen LogP) is 5.41. The van der Waals surface area contributed by atoms with Crippen molar-refractivity contribution in [2.75, 3.05) is 20.8 Å². The molecule has 17 atom stereocenters. The normalized spacial score (nSPS) is 55.5. The molecule has 0 radical (unpaired) electrons. The van der Waals surface area contributed by atoms with Gasteiger partial charge in [-0.05, 0) is 64.2 Å². The summed E-state index contributed by atoms with van der Waals surface area (Å²) in [6.45, 7) is 16.8. The number of ether oxygens (including phenoxy) is 8. The second-order valence-electron chi connectivity index (χ2n) is 16.6. The molecule has 0 aromatic rings. The van der Waals surface area contributed by atoms with Gasteiger partial charge in [-0.15, -0.1) is 0 Å². The molecule has 9 bridgehead atoms. The van der Waals surface area contributed by atoms with E-state index >= 15 is 0 Å². The Kier molecular flexibility index (Phi) is 9.98. The van der Waals surface area contributed by atoms with Crippen molar-refractivity contribution in [1.82, 2.24) is 0 Å². The van der Waals surface area contributed by atoms with Gasteiger partial charge in [-0.1, -0.05) is 41.5 Å². The molecule has 0 aromatic heterocycles. The summed E-state index contributed by atoms with van der Waals surface area (Å²) in [7, 11) is 3.26. The Morgan fingerprint density at radius 2 is 1.66 bits per heavy atom. The monoisotopic (exact) mass is 666 g/mol. The average Bonchev–Trinajstić information content (AvgIpc) is 3.75. The number of methoxy groups -OCH3 is 2. The topological polar surface area (TPSA) is 111 Å². The van der Waals surface area contributed by atoms with Gasteiger partial charge in [0.15, 0.2) is 5.79 Å². The van der Waals surface area contributed by atoms with E-state index in [1.165, 1.54) is 0 Å². The zero-order chi connectivity index (χ0) is 34.1. The molecule has 6 rings (SSSR count). The third-order valence-electron chi connectivity index (χ3n) is 13.5. The zero-order valence-electron chi connectivity index (χ0n) is 30.5. The van der Waals surface area contributed by atoms with Crippen molar-refractivity contribution in [2.45, 2.75) is 172 Å². The van der Waals surface area contributed by atoms with E-state index in [9.17, 15) is 9.90 Å². The molecule has 47 heavy (non-hydrogen) atoms. The van der Waals surface area contributed by atoms with Gasteiger partial charge in [0.2, 0.25) is 5.79 Å². The lowest BCUT2D eigenvalue weighted by atomic mass is 9.78. The molecule has 0 aliphatic carbocycles. The summed E-state index contributed by atoms with van der Waals surface area (Å²) < 4.78 is 53.1. The molecule has 0 saturated carbocycles. The van der Waals surface area contributed by atoms with Gasteiger partial charge in [0, 0.05) is 44.8 Å². The van der Waals surface area contributed by atoms with Gasteiger partial charge in [-0.25, -0.2) is 0 Å². The number of rotatable bonds is 3. The van der Waals surface area contributed by atoms with E-state index in [1.807, 2.05) is 20.8 Å². The van der Waals surface area contributed by atoms with Crippen molar-refractivity contribution in [3.63, 3.8) is 0 Å². The molecule has 17 unspecified atom stereocenters. The highest BCUT2D eigenvalue weighted by Crippen LogP contribution is 2.55. The van der Waals surface area contributed by atoms with Crippen LogP contribution in [0.3, 0.4) is 0 Å². The third kappa shape index (κ3) is 6.02. The number of fused-ring (bicyclic) bond motifs is 11. The highest BCUT2D eigenvalue weighted by Gasteiger charge is 2.62. The number of aliphatic hydroxyl groups excluding tert-OH is 1. The fourth-order valence-corrected chi connectivity index (χ4v) is 10.5. The predicted molar refractivity (Wildman–Crippen MR) is 173 cm³/mol. The van der Waals surface area contributed by atoms with Crippen LogP contribution in [0.15, 0.2) is 0 Å². The van der Waals surface area contributed by atoms with Crippen molar-refractivity contribution in [1.29, 1.82) is 0 Å². The van der Waals surface area contributed by atoms with Crippen LogP contribution in [0, 0.1) is 35.5 Å². The zero-order valence-corrected chi connectivity index (χ0v) is 30.5. The number of hydrogen-bond donors (Lipinski definition) is 1. The van der Waals surface area contributed by atoms with Gasteiger partial charge in [-0.2, -0.15) is 0 Å². The van der Waals surface area contributed by atoms with Crippen LogP contribution in [-0.2, 0) is 42.7 Å². The first-order valence-corrected chi connectivity index (χ1v) is 18.5. The van der Waals surface area contributed by atoms with Crippen molar-refractivity contribution in [3.05, 3.63) is 0 Å². The maximum Gasteiger partial charge on any atom is 0.311 e. The maximum atomic E-state index is 13.7. The Hall–Kier alpha value is -0.850. The third-order valence-corrected chi connectivity index (χ3v) is 13.5. The van der Waals surface area contributed by atoms with Gasteiger partial charge in [-0.3, -0.25) is 4.79 Å². The van der Waals surface area contributed by atoms with E-state index in [-0.39, 0.29) is 66.6 Å². The summed E-state index contributed by atoms with van der Waals surface area (Å²) in [6, 6.07) is 0. The Balaban J connectivity index is 1.37. The number of aliphatic hydroxyl groups is 1. The van der Waals surface area contributed by atoms with E-state index in [0.717, 1.165) is 38.5 Å². The van der Waals surface area contributed by atoms with Crippen LogP contribution < -0.4 is 0 Å². The number of carbonyl (C=O) groups is 1. The lowest BCUT2D eigenvalue weighted by Gasteiger charge is -2.49. The lowest BCUT2D eigenvalue weighted by molar-refractivity contribution is -0.339. The minimum atomic E-state index is -1.09. The Morgan fingerprint density at radius 3 is 2.34 bits per heavy atom. The van der Waals surface area contributed by atoms with Crippen LogP contribution in [-0.4, -0.2) is 97.4 Å². The van der Waals surface area contributed by atoms with E-state index in [1.54, 1.807) is 14.2 Å². The highest BCUT2D eigenvalue weighted by atomic mass is 16.7. The first-order valence-electron chi connectivity index (χ1n) is 18.5. The standard InChI is InChI=1S/C37H62O10/c1-11-35-13-12-28(44-35)34(8)14-15-36(47-34)18-26(38)23(5)31(45-36)24(6)30(40-9)25(7)33(39)42-19-37(41-10)22(4)16-20(2)29(46-37)27-17-21(3)32(35)43-27/h20-32,38H,11-19H2,1-10H3. The fourth-order valence-electron chi connectivity index (χ4n) is 10.5. The second kappa shape index (κ2) is 13.0. The maximum absolute atomic E-state index is 13.7. The first-order chi connectivity index (χ1) is 22.2. The molecule has 0 amide bonds. The van der Waals surface area contributed by atoms with Gasteiger partial charge in [0.05, 0.1) is 59.8 Å². The molecule has 6 aliphatic heterocycles. The van der Waals surface area contributed by atoms with Crippen molar-refractivity contribution in [2.24, 2.45) is 35.5 Å². The SMILES string of the molecule is CCC12CCC(O1)C1(C)CCC3(CC(O)C(C)C(O3)C(C)C(OC)C(C)C(=O)OCC3(OC)OC(C(C)CC3C)C3CC(C)C2O3)O1. The van der Waals surface area contributed by atoms with Gasteiger partial charge < -0.3 is 43.0 Å². The molecule has 6 saturated heterocycles. The van der Waals surface area contributed by atoms with Crippen LogP contribution >= 0.6 is 0 Å². The Bertz CT molecular complexity index is 1140. The number of hydrogen-bond acceptors (Lipinski definition) is 10. The highest BCUT2D eigenvalue weighted by molar-refractivity contribution is 5.72. The summed E-state index contributed by atoms with van der Waals surface area (Å²) in [5.41, 5.74) is -0.999. The van der Waals surface area contributed by atoms with Crippen LogP contribution in [0.2, 0.25) is 0 Å². The molecule has 1 N–H and O–H groups in total. The molecule has 6 fully saturated rings. The average molecular weight is 667 g/mol. The molecule has 10 heteroatoms. The molecular formula is C37H62O10. The number of carbonyl (C=O) groups excluding carboxylic acids is 1. The summed E-state index contributed by atoms with van der Waals surface area (Å²) in [5.74, 6) is -2.91. The van der Waals surface area contributed by atoms with Crippen LogP contribution in [0.5, 0.6) is 0 Å². The minimum Gasteiger partial charge on any atom is -0.460 e. The Labute approximate surface area is 282 Å². The summed E-state index contributed by atoms with van der Waals surface area (Å²) >= 11 is 0. The van der Waals surface area contributed by atoms with Crippen molar-refractivity contribution >= 4 is 5.97 Å². The van der Waals surface area contributed by atoms with E-state index in [0.29, 0.717) is 12.8 Å². The summed E-state index contributed by atoms with van der Waals surface area (Å²) in [4.78, 5) is 13.7. The largest absolute Gasteiger partial charge is 0.460 e. The van der Waals surface area contributed by atoms with Crippen molar-refractivity contribution in [3.8, 4) is 0 Å². The van der Waals surface area contributed by atoms with E-state index < -0.39 is 47.0 Å². The van der Waals surface area contributed by atoms with Crippen LogP contribution in [0.25, 0.3) is 0 Å². The first kappa shape index (κ1) is 36.0. The Morgan fingerprint density at radius 1 is 0.915 bits per heavy atom. The van der Waals surface area contributed by atoms with Gasteiger partial charge in [0.1, 0.15) is 6.61 Å². The van der Waals surface area contributed by atoms with E-state index in [4.69, 9.17) is 37.9 Å². The van der Waals surface area contributed by atoms with Crippen molar-refractivity contribution < 1.29 is 47.8 Å². The van der Waals surface area contributed by atoms with Crippen LogP contribution in [0.1, 0.15) is 107 Å². The summed E-state index contributed by atoms with van der Waals surface area (Å²) in [6.07, 6.45) is 4.08. The molecule has 10 nitrogen and oxygen atoms in total. The minimum absolute atomic E-state index is 0.00206. The molecule has 6 heterocycles. The molecule has 270 valence electrons.